The number of nitrogens with one attached hydrogen (secondary N) is 5. The smallest absolute Gasteiger partial charge is 0.249 e. The molecule has 14 heteroatoms. The maximum Gasteiger partial charge on any atom is 0.249 e. The topological polar surface area (TPSA) is 201 Å². The number of nitrogens with two attached hydrogens (primary N) is 2. The van der Waals surface area contributed by atoms with Gasteiger partial charge in [-0.1, -0.05) is 44.5 Å². The van der Waals surface area contributed by atoms with Gasteiger partial charge in [-0.3, -0.25) is 29.3 Å². The Kier molecular flexibility index (Phi) is 14.5. The Balaban J connectivity index is 2.46. The van der Waals surface area contributed by atoms with Crippen molar-refractivity contribution >= 4 is 41.1 Å². The third kappa shape index (κ3) is 11.0. The molecule has 0 bridgehead atoms. The number of hydrogen-bond donors (Lipinski definition) is 7. The van der Waals surface area contributed by atoms with Crippen molar-refractivity contribution < 1.29 is 24.0 Å². The minimum atomic E-state index is -1.33. The van der Waals surface area contributed by atoms with Crippen LogP contribution in [-0.2, 0) is 24.0 Å². The second kappa shape index (κ2) is 17.3. The fourth-order valence-corrected chi connectivity index (χ4v) is 4.91. The van der Waals surface area contributed by atoms with E-state index in [0.29, 0.717) is 42.9 Å². The highest BCUT2D eigenvalue weighted by Gasteiger charge is 2.38. The molecule has 0 unspecified atom stereocenters. The van der Waals surface area contributed by atoms with E-state index in [1.807, 2.05) is 0 Å². The normalized spacial score (nSPS) is 24.6. The number of halogens is 1. The fourth-order valence-electron chi connectivity index (χ4n) is 4.78. The summed E-state index contributed by atoms with van der Waals surface area (Å²) in [5.41, 5.74) is 10.3. The van der Waals surface area contributed by atoms with Gasteiger partial charge in [0.1, 0.15) is 30.0 Å². The van der Waals surface area contributed by atoms with Crippen LogP contribution in [0.5, 0.6) is 0 Å². The zero-order valence-electron chi connectivity index (χ0n) is 26.4. The van der Waals surface area contributed by atoms with Crippen LogP contribution >= 0.6 is 11.6 Å². The Labute approximate surface area is 264 Å². The second-order valence-electron chi connectivity index (χ2n) is 11.8. The molecule has 0 saturated carbocycles. The lowest BCUT2D eigenvalue weighted by atomic mass is 9.91. The van der Waals surface area contributed by atoms with Gasteiger partial charge in [0.25, 0.3) is 0 Å². The van der Waals surface area contributed by atoms with Crippen LogP contribution in [0.2, 0.25) is 5.02 Å². The number of hydrogen-bond acceptors (Lipinski definition) is 8. The standard InChI is InChI=1S/C30H49ClN8O5/c1-6-21-25(41)37-23(19-11-13-20(31)14-12-19)27(43)39(5)17-8-7-15-30(4,38-24(40)18(2)3)28(44)36-22(26(42)35-21)10-9-16-34-29(32)33/h11-14,18,21-23,29,34H,6-10,15-17,32-33H2,1-5H3,(H,35,42)(H,36,44)(H,37,41)(H,38,40)/t21-,22-,23+,30+/m0/s1. The highest BCUT2D eigenvalue weighted by atomic mass is 35.5. The van der Waals surface area contributed by atoms with Gasteiger partial charge in [0.2, 0.25) is 29.5 Å². The van der Waals surface area contributed by atoms with Crippen LogP contribution in [0.4, 0.5) is 0 Å². The summed E-state index contributed by atoms with van der Waals surface area (Å²) in [4.78, 5) is 68.7. The fraction of sp³-hybridized carbons (Fsp3) is 0.633. The van der Waals surface area contributed by atoms with Gasteiger partial charge in [-0.2, -0.15) is 0 Å². The van der Waals surface area contributed by atoms with Crippen molar-refractivity contribution in [2.24, 2.45) is 17.4 Å². The molecular weight excluding hydrogens is 588 g/mol. The maximum absolute atomic E-state index is 13.7. The van der Waals surface area contributed by atoms with Crippen molar-refractivity contribution in [2.45, 2.75) is 96.2 Å². The van der Waals surface area contributed by atoms with Crippen molar-refractivity contribution in [3.63, 3.8) is 0 Å². The second-order valence-corrected chi connectivity index (χ2v) is 12.2. The molecule has 246 valence electrons. The molecular formula is C30H49ClN8O5. The Hall–Kier alpha value is -3.26. The van der Waals surface area contributed by atoms with Crippen LogP contribution in [0.25, 0.3) is 0 Å². The summed E-state index contributed by atoms with van der Waals surface area (Å²) in [6.07, 6.45) is 1.41. The summed E-state index contributed by atoms with van der Waals surface area (Å²) in [7, 11) is 1.64. The predicted octanol–water partition coefficient (Wildman–Crippen LogP) is 0.621. The Morgan fingerprint density at radius 3 is 2.27 bits per heavy atom. The van der Waals surface area contributed by atoms with Gasteiger partial charge in [0.05, 0.1) is 0 Å². The molecule has 4 atom stereocenters. The minimum absolute atomic E-state index is 0.209. The van der Waals surface area contributed by atoms with Crippen molar-refractivity contribution in [3.8, 4) is 0 Å². The number of rotatable bonds is 9. The van der Waals surface area contributed by atoms with Gasteiger partial charge in [0, 0.05) is 24.5 Å². The molecule has 0 radical (unpaired) electrons. The van der Waals surface area contributed by atoms with E-state index in [-0.39, 0.29) is 37.0 Å². The number of amides is 5. The van der Waals surface area contributed by atoms with Gasteiger partial charge < -0.3 is 37.6 Å². The summed E-state index contributed by atoms with van der Waals surface area (Å²) in [5, 5.41) is 14.6. The molecule has 1 saturated heterocycles. The predicted molar refractivity (Wildman–Crippen MR) is 169 cm³/mol. The highest BCUT2D eigenvalue weighted by Crippen LogP contribution is 2.21. The largest absolute Gasteiger partial charge is 0.344 e. The van der Waals surface area contributed by atoms with Crippen molar-refractivity contribution in [3.05, 3.63) is 34.9 Å². The first-order valence-corrected chi connectivity index (χ1v) is 15.5. The Bertz CT molecular complexity index is 1150. The summed E-state index contributed by atoms with van der Waals surface area (Å²) in [6, 6.07) is 3.59. The number of carbonyl (C=O) groups excluding carboxylic acids is 5. The summed E-state index contributed by atoms with van der Waals surface area (Å²) < 4.78 is 0. The molecule has 0 spiro atoms. The molecule has 0 aliphatic carbocycles. The SMILES string of the molecule is CC[C@@H]1NC(=O)[C@H](CCCNC(N)N)NC(=O)[C@](C)(NC(=O)C(C)C)CCCCN(C)C(=O)[C@@H](c2ccc(Cl)cc2)NC1=O. The first-order chi connectivity index (χ1) is 20.7. The average molecular weight is 637 g/mol. The van der Waals surface area contributed by atoms with E-state index in [9.17, 15) is 24.0 Å². The molecule has 1 heterocycles. The van der Waals surface area contributed by atoms with E-state index < -0.39 is 47.7 Å². The Morgan fingerprint density at radius 1 is 1.05 bits per heavy atom. The molecule has 13 nitrogen and oxygen atoms in total. The molecule has 1 aliphatic rings. The number of benzene rings is 1. The van der Waals surface area contributed by atoms with Crippen LogP contribution in [0, 0.1) is 5.92 Å². The lowest BCUT2D eigenvalue weighted by Gasteiger charge is -2.33. The zero-order chi connectivity index (χ0) is 33.0. The van der Waals surface area contributed by atoms with Gasteiger partial charge >= 0.3 is 0 Å². The van der Waals surface area contributed by atoms with E-state index in [1.165, 1.54) is 4.90 Å². The summed E-state index contributed by atoms with van der Waals surface area (Å²) in [6.45, 7) is 7.54. The number of likely N-dealkylation sites (N-methyl/N-ethyl adjacent to an activating group) is 1. The van der Waals surface area contributed by atoms with E-state index in [1.54, 1.807) is 59.0 Å². The molecule has 1 aromatic rings. The maximum atomic E-state index is 13.7. The van der Waals surface area contributed by atoms with E-state index in [4.69, 9.17) is 23.1 Å². The van der Waals surface area contributed by atoms with Gasteiger partial charge in [-0.25, -0.2) is 0 Å². The molecule has 44 heavy (non-hydrogen) atoms. The molecule has 2 rings (SSSR count). The van der Waals surface area contributed by atoms with Crippen LogP contribution in [0.1, 0.15) is 77.8 Å². The van der Waals surface area contributed by atoms with Crippen molar-refractivity contribution in [1.82, 2.24) is 31.5 Å². The van der Waals surface area contributed by atoms with E-state index in [2.05, 4.69) is 26.6 Å². The first kappa shape index (κ1) is 36.9. The molecule has 1 aliphatic heterocycles. The molecule has 5 amide bonds. The lowest BCUT2D eigenvalue weighted by molar-refractivity contribution is -0.138. The minimum Gasteiger partial charge on any atom is -0.344 e. The summed E-state index contributed by atoms with van der Waals surface area (Å²) in [5.74, 6) is -2.67. The summed E-state index contributed by atoms with van der Waals surface area (Å²) >= 11 is 6.07. The third-order valence-electron chi connectivity index (χ3n) is 7.67. The molecule has 1 aromatic carbocycles. The van der Waals surface area contributed by atoms with Crippen LogP contribution < -0.4 is 38.1 Å². The highest BCUT2D eigenvalue weighted by molar-refractivity contribution is 6.30. The lowest BCUT2D eigenvalue weighted by Crippen LogP contribution is -2.62. The average Bonchev–Trinajstić information content (AvgIpc) is 2.97. The van der Waals surface area contributed by atoms with Crippen molar-refractivity contribution in [2.75, 3.05) is 20.1 Å². The number of carbonyl (C=O) groups is 5. The first-order valence-electron chi connectivity index (χ1n) is 15.2. The van der Waals surface area contributed by atoms with Crippen LogP contribution in [-0.4, -0.2) is 78.5 Å². The van der Waals surface area contributed by atoms with Gasteiger partial charge in [-0.05, 0) is 69.7 Å². The van der Waals surface area contributed by atoms with Gasteiger partial charge in [0.15, 0.2) is 0 Å². The molecule has 9 N–H and O–H groups in total. The molecule has 0 aromatic heterocycles. The van der Waals surface area contributed by atoms with Crippen molar-refractivity contribution in [1.29, 1.82) is 0 Å². The number of nitrogens with zero attached hydrogens (tertiary/aromatic N) is 1. The monoisotopic (exact) mass is 636 g/mol. The van der Waals surface area contributed by atoms with E-state index in [0.717, 1.165) is 0 Å². The van der Waals surface area contributed by atoms with Gasteiger partial charge in [-0.15, -0.1) is 0 Å². The Morgan fingerprint density at radius 2 is 1.68 bits per heavy atom. The quantitative estimate of drug-likeness (QED) is 0.151. The third-order valence-corrected chi connectivity index (χ3v) is 7.92. The van der Waals surface area contributed by atoms with Crippen LogP contribution in [0.3, 0.4) is 0 Å². The molecule has 1 fully saturated rings. The van der Waals surface area contributed by atoms with Crippen LogP contribution in [0.15, 0.2) is 24.3 Å². The van der Waals surface area contributed by atoms with E-state index >= 15 is 0 Å². The zero-order valence-corrected chi connectivity index (χ0v) is 27.1.